The molecule has 1 aliphatic rings. The summed E-state index contributed by atoms with van der Waals surface area (Å²) in [5.74, 6) is 0. The maximum atomic E-state index is 10.8. The fraction of sp³-hybridized carbons (Fsp3) is 0.429. The van der Waals surface area contributed by atoms with Crippen LogP contribution in [0.4, 0.5) is 0 Å². The molecule has 0 spiro atoms. The van der Waals surface area contributed by atoms with Crippen molar-refractivity contribution in [1.82, 2.24) is 0 Å². The van der Waals surface area contributed by atoms with Gasteiger partial charge in [0, 0.05) is 5.03 Å². The van der Waals surface area contributed by atoms with Gasteiger partial charge in [-0.3, -0.25) is 4.55 Å². The molecule has 5 heteroatoms. The summed E-state index contributed by atoms with van der Waals surface area (Å²) < 4.78 is 29.3. The van der Waals surface area contributed by atoms with Gasteiger partial charge in [-0.1, -0.05) is 23.8 Å². The first-order chi connectivity index (χ1) is 5.35. The van der Waals surface area contributed by atoms with Gasteiger partial charge < -0.3 is 0 Å². The third kappa shape index (κ3) is 1.71. The van der Waals surface area contributed by atoms with E-state index in [2.05, 4.69) is 0 Å². The summed E-state index contributed by atoms with van der Waals surface area (Å²) in [7, 11) is -4.04. The highest BCUT2D eigenvalue weighted by Crippen LogP contribution is 2.28. The van der Waals surface area contributed by atoms with Gasteiger partial charge in [-0.05, 0) is 19.4 Å². The summed E-state index contributed by atoms with van der Waals surface area (Å²) in [4.78, 5) is 0. The van der Waals surface area contributed by atoms with E-state index >= 15 is 0 Å². The predicted octanol–water partition coefficient (Wildman–Crippen LogP) is 1.72. The minimum absolute atomic E-state index is 0.209. The van der Waals surface area contributed by atoms with Crippen LogP contribution in [0.3, 0.4) is 0 Å². The van der Waals surface area contributed by atoms with Crippen molar-refractivity contribution in [1.29, 1.82) is 0 Å². The van der Waals surface area contributed by atoms with Crippen LogP contribution < -0.4 is 0 Å². The molecule has 0 heterocycles. The number of hydrogen-bond donors (Lipinski definition) is 1. The molecular weight excluding hydrogens is 200 g/mol. The Hall–Kier alpha value is -0.320. The van der Waals surface area contributed by atoms with Crippen LogP contribution in [0.15, 0.2) is 23.3 Å². The van der Waals surface area contributed by atoms with Crippen LogP contribution in [0.2, 0.25) is 0 Å². The van der Waals surface area contributed by atoms with E-state index in [1.165, 1.54) is 19.1 Å². The molecule has 1 rings (SSSR count). The molecule has 0 aromatic heterocycles. The molecule has 0 bridgehead atoms. The molecule has 0 fully saturated rings. The van der Waals surface area contributed by atoms with Gasteiger partial charge in [0.1, 0.15) is 4.75 Å². The number of hydrogen-bond acceptors (Lipinski definition) is 2. The molecule has 12 heavy (non-hydrogen) atoms. The molecule has 3 nitrogen and oxygen atoms in total. The minimum atomic E-state index is -4.04. The second-order valence-corrected chi connectivity index (χ2v) is 5.23. The maximum Gasteiger partial charge on any atom is 0.274 e. The second-order valence-electron chi connectivity index (χ2n) is 2.91. The first-order valence-electron chi connectivity index (χ1n) is 3.37. The molecule has 1 atom stereocenters. The fourth-order valence-electron chi connectivity index (χ4n) is 0.883. The molecule has 1 unspecified atom stereocenters. The molecule has 0 saturated carbocycles. The van der Waals surface area contributed by atoms with Crippen molar-refractivity contribution in [2.45, 2.75) is 18.1 Å². The first-order valence-corrected chi connectivity index (χ1v) is 5.19. The van der Waals surface area contributed by atoms with Crippen molar-refractivity contribution in [3.63, 3.8) is 0 Å². The Morgan fingerprint density at radius 1 is 1.67 bits per heavy atom. The van der Waals surface area contributed by atoms with Gasteiger partial charge in [-0.25, -0.2) is 0 Å². The van der Waals surface area contributed by atoms with Gasteiger partial charge >= 0.3 is 0 Å². The smallest absolute Gasteiger partial charge is 0.274 e. The van der Waals surface area contributed by atoms with E-state index in [1.807, 2.05) is 0 Å². The number of rotatable bonds is 1. The van der Waals surface area contributed by atoms with E-state index in [1.54, 1.807) is 6.08 Å². The van der Waals surface area contributed by atoms with Crippen LogP contribution in [0.5, 0.6) is 0 Å². The lowest BCUT2D eigenvalue weighted by Gasteiger charge is -2.22. The molecule has 0 radical (unpaired) electrons. The number of allylic oxidation sites excluding steroid dienone is 3. The summed E-state index contributed by atoms with van der Waals surface area (Å²) in [6.45, 7) is 1.44. The summed E-state index contributed by atoms with van der Waals surface area (Å²) in [5.41, 5.74) is 0. The summed E-state index contributed by atoms with van der Waals surface area (Å²) in [6, 6.07) is 0. The SMILES string of the molecule is CC1(S(=O)(=O)O)C=CC(Cl)=CC1. The van der Waals surface area contributed by atoms with E-state index in [0.29, 0.717) is 5.03 Å². The molecule has 0 aliphatic heterocycles. The lowest BCUT2D eigenvalue weighted by Crippen LogP contribution is -2.33. The zero-order valence-electron chi connectivity index (χ0n) is 6.49. The molecule has 0 aromatic carbocycles. The normalized spacial score (nSPS) is 30.1. The van der Waals surface area contributed by atoms with Crippen molar-refractivity contribution < 1.29 is 13.0 Å². The minimum Gasteiger partial charge on any atom is -0.285 e. The van der Waals surface area contributed by atoms with Crippen LogP contribution in [-0.4, -0.2) is 17.7 Å². The van der Waals surface area contributed by atoms with Crippen LogP contribution in [-0.2, 0) is 10.1 Å². The Bertz CT molecular complexity index is 342. The lowest BCUT2D eigenvalue weighted by molar-refractivity contribution is 0.452. The Morgan fingerprint density at radius 2 is 2.25 bits per heavy atom. The Labute approximate surface area is 76.5 Å². The summed E-state index contributed by atoms with van der Waals surface area (Å²) in [5, 5.41) is 0.496. The van der Waals surface area contributed by atoms with Crippen molar-refractivity contribution in [3.8, 4) is 0 Å². The Balaban J connectivity index is 3.02. The van der Waals surface area contributed by atoms with E-state index in [9.17, 15) is 8.42 Å². The molecular formula is C7H9ClO3S. The molecule has 1 N–H and O–H groups in total. The van der Waals surface area contributed by atoms with Gasteiger partial charge in [0.25, 0.3) is 10.1 Å². The van der Waals surface area contributed by atoms with Crippen LogP contribution >= 0.6 is 11.6 Å². The van der Waals surface area contributed by atoms with Crippen LogP contribution in [0.25, 0.3) is 0 Å². The summed E-state index contributed by atoms with van der Waals surface area (Å²) >= 11 is 5.59. The topological polar surface area (TPSA) is 54.4 Å². The van der Waals surface area contributed by atoms with Crippen molar-refractivity contribution in [3.05, 3.63) is 23.3 Å². The average molecular weight is 209 g/mol. The van der Waals surface area contributed by atoms with Crippen molar-refractivity contribution >= 4 is 21.7 Å². The standard InChI is InChI=1S/C7H9ClO3S/c1-7(12(9,10)11)4-2-6(8)3-5-7/h2-4H,5H2,1H3,(H,9,10,11). The van der Waals surface area contributed by atoms with Crippen molar-refractivity contribution in [2.24, 2.45) is 0 Å². The third-order valence-corrected chi connectivity index (χ3v) is 3.65. The highest BCUT2D eigenvalue weighted by molar-refractivity contribution is 7.87. The van der Waals surface area contributed by atoms with Crippen LogP contribution in [0, 0.1) is 0 Å². The van der Waals surface area contributed by atoms with E-state index in [-0.39, 0.29) is 6.42 Å². The largest absolute Gasteiger partial charge is 0.285 e. The molecule has 68 valence electrons. The Morgan fingerprint density at radius 3 is 2.58 bits per heavy atom. The number of halogens is 1. The first kappa shape index (κ1) is 9.77. The fourth-order valence-corrected chi connectivity index (χ4v) is 1.56. The quantitative estimate of drug-likeness (QED) is 0.668. The molecule has 1 aliphatic carbocycles. The van der Waals surface area contributed by atoms with E-state index in [4.69, 9.17) is 16.2 Å². The van der Waals surface area contributed by atoms with Crippen LogP contribution in [0.1, 0.15) is 13.3 Å². The molecule has 0 saturated heterocycles. The van der Waals surface area contributed by atoms with Gasteiger partial charge in [0.2, 0.25) is 0 Å². The van der Waals surface area contributed by atoms with Gasteiger partial charge in [0.15, 0.2) is 0 Å². The van der Waals surface area contributed by atoms with E-state index in [0.717, 1.165) is 0 Å². The van der Waals surface area contributed by atoms with Crippen molar-refractivity contribution in [2.75, 3.05) is 0 Å². The van der Waals surface area contributed by atoms with Gasteiger partial charge in [0.05, 0.1) is 0 Å². The molecule has 0 aromatic rings. The predicted molar refractivity (Wildman–Crippen MR) is 47.6 cm³/mol. The highest BCUT2D eigenvalue weighted by atomic mass is 35.5. The maximum absolute atomic E-state index is 10.8. The highest BCUT2D eigenvalue weighted by Gasteiger charge is 2.35. The van der Waals surface area contributed by atoms with Gasteiger partial charge in [-0.2, -0.15) is 8.42 Å². The summed E-state index contributed by atoms with van der Waals surface area (Å²) in [6.07, 6.45) is 4.64. The molecule has 0 amide bonds. The zero-order valence-corrected chi connectivity index (χ0v) is 8.06. The van der Waals surface area contributed by atoms with E-state index < -0.39 is 14.9 Å². The zero-order chi connectivity index (χ0) is 9.41. The Kier molecular flexibility index (Phi) is 2.33. The third-order valence-electron chi connectivity index (χ3n) is 1.89. The second kappa shape index (κ2) is 2.87. The average Bonchev–Trinajstić information content (AvgIpc) is 1.93. The monoisotopic (exact) mass is 208 g/mol. The lowest BCUT2D eigenvalue weighted by atomic mass is 10.0. The van der Waals surface area contributed by atoms with Gasteiger partial charge in [-0.15, -0.1) is 0 Å².